The average molecular weight is 1620 g/mol. The van der Waals surface area contributed by atoms with E-state index < -0.39 is 50.6 Å². The molecule has 0 atom stereocenters. The minimum atomic E-state index is -0.740. The maximum Gasteiger partial charge on any atom is 2.00 e. The van der Waals surface area contributed by atoms with Crippen molar-refractivity contribution in [3.63, 3.8) is 0 Å². The van der Waals surface area contributed by atoms with E-state index in [9.17, 15) is 58.5 Å². The summed E-state index contributed by atoms with van der Waals surface area (Å²) in [6.45, 7) is 21.6. The molecule has 32 nitrogen and oxygen atoms in total. The second kappa shape index (κ2) is 52.6. The smallest absolute Gasteiger partial charge is 1.00 e. The number of H-pyrrole nitrogens is 4. The molecule has 0 aromatic carbocycles. The molecule has 0 saturated heterocycles. The summed E-state index contributed by atoms with van der Waals surface area (Å²) in [7, 11) is 6.26. The van der Waals surface area contributed by atoms with E-state index in [-0.39, 0.29) is 84.1 Å². The number of carbonyl (C=O) groups is 1. The fourth-order valence-electron chi connectivity index (χ4n) is 8.37. The molecule has 8 rings (SSSR count). The van der Waals surface area contributed by atoms with Gasteiger partial charge in [0.25, 0.3) is 22.2 Å². The number of rotatable bonds is 28. The Morgan fingerprint density at radius 1 is 0.490 bits per heavy atom. The Hall–Kier alpha value is -5.31. The molecular formula is C63H104BrCl5MgN16O16. The number of fused-ring (bicyclic) bond motifs is 4. The number of aryl methyl sites for hydroxylation is 4. The van der Waals surface area contributed by atoms with Crippen molar-refractivity contribution >= 4 is 131 Å². The monoisotopic (exact) mass is 1620 g/mol. The fraction of sp³-hybridized carbons (Fsp3) is 0.651. The Kier molecular flexibility index (Phi) is 52.0. The predicted molar refractivity (Wildman–Crippen MR) is 399 cm³/mol. The van der Waals surface area contributed by atoms with Gasteiger partial charge < -0.3 is 77.4 Å². The van der Waals surface area contributed by atoms with E-state index >= 15 is 0 Å². The molecule has 39 heteroatoms. The summed E-state index contributed by atoms with van der Waals surface area (Å²) in [5.41, 5.74) is -2.42. The van der Waals surface area contributed by atoms with Crippen LogP contribution in [0, 0.1) is 7.43 Å². The molecule has 8 aromatic heterocycles. The molecule has 0 aliphatic heterocycles. The molecule has 576 valence electrons. The third-order valence-corrected chi connectivity index (χ3v) is 14.8. The first-order valence-corrected chi connectivity index (χ1v) is 34.5. The van der Waals surface area contributed by atoms with Gasteiger partial charge in [-0.1, -0.05) is 11.6 Å². The van der Waals surface area contributed by atoms with Crippen LogP contribution >= 0.6 is 58.0 Å². The van der Waals surface area contributed by atoms with Crippen LogP contribution in [-0.2, 0) is 78.7 Å². The minimum Gasteiger partial charge on any atom is -1.00 e. The van der Waals surface area contributed by atoms with E-state index in [1.165, 1.54) is 48.1 Å². The molecule has 102 heavy (non-hydrogen) atoms. The standard InChI is InChI=1S/C16H26N4O4.2C9H12N4O3.2C7H15ClO.C6H6N4O2.C5H8Cl2O.C3H7ClO.CH3.BrH.Mg/c1-5-24-11-19-10-17-13-12(19)14(21)20(15(22)18(13)4)9-7-6-8-16(2,3)23;2*1-3-16-5-13-4-10-7-6(13)8(14)11-9(15)12(7)2;2*1-7(2,9)5-3-4-6-8;1-10-4-3(7-2-8-4)5(11)9-6(10)12;6-4-2-1-3-5(7)8;1-2-5-3-4;;;/h10,23H,5-9,11H2,1-4H3;2*4H,3,5H2,1-2H3,(H,11,14,15);2*9H,3-6H2,1-2H3;2H,1H3,(H,7,8)(H,9,11,12);1-4H2;2-3H2,1H3;1H3;1H;/q;;;;;;;;-1;;+2/p-1. The SMILES string of the molecule is CC(C)(O)CCCCCl.CC(C)(O)CCCCCl.CCOCCl.CCOCn1cnc2c1c(=O)[nH]c(=O)n2C.CCOCn1cnc2c1c(=O)[nH]c(=O)n2C.CCOCn1cnc2c1c(=O)n(CCCCC(C)(C)O)c(=O)n2C.Cn1c(=O)[nH]c(=O)c2[nH]cnc21.O=C(Cl)CCCCCl.[Br-].[CH3-].[Mg+2]. The Morgan fingerprint density at radius 2 is 0.833 bits per heavy atom. The summed E-state index contributed by atoms with van der Waals surface area (Å²) < 4.78 is 31.6. The second-order valence-electron chi connectivity index (χ2n) is 23.7. The van der Waals surface area contributed by atoms with Gasteiger partial charge in [-0.25, -0.2) is 39.1 Å². The molecule has 8 aromatic rings. The second-order valence-corrected chi connectivity index (χ2v) is 25.4. The zero-order valence-corrected chi connectivity index (χ0v) is 68.1. The Balaban J connectivity index is -0.00000114. The summed E-state index contributed by atoms with van der Waals surface area (Å²) in [6.07, 6.45) is 15.7. The molecule has 0 unspecified atom stereocenters. The number of hydrogen-bond acceptors (Lipinski definition) is 20. The number of aliphatic hydroxyl groups is 3. The molecular weight excluding hydrogens is 1520 g/mol. The molecule has 0 aliphatic carbocycles. The van der Waals surface area contributed by atoms with E-state index in [4.69, 9.17) is 72.2 Å². The van der Waals surface area contributed by atoms with Gasteiger partial charge in [-0.15, -0.1) is 34.8 Å². The third-order valence-electron chi connectivity index (χ3n) is 13.6. The van der Waals surface area contributed by atoms with Gasteiger partial charge >= 0.3 is 45.8 Å². The molecule has 0 bridgehead atoms. The van der Waals surface area contributed by atoms with E-state index in [1.54, 1.807) is 55.7 Å². The number of aromatic nitrogens is 16. The van der Waals surface area contributed by atoms with Gasteiger partial charge in [0.1, 0.15) is 31.8 Å². The Morgan fingerprint density at radius 3 is 1.18 bits per heavy atom. The number of ether oxygens (including phenoxy) is 4. The van der Waals surface area contributed by atoms with Gasteiger partial charge in [0.15, 0.2) is 39.1 Å². The Bertz CT molecular complexity index is 4040. The largest absolute Gasteiger partial charge is 2.00 e. The van der Waals surface area contributed by atoms with Crippen LogP contribution in [0.5, 0.6) is 0 Å². The summed E-state index contributed by atoms with van der Waals surface area (Å²) in [5, 5.41) is 27.9. The van der Waals surface area contributed by atoms with Crippen LogP contribution in [0.3, 0.4) is 0 Å². The first-order valence-electron chi connectivity index (χ1n) is 32.0. The van der Waals surface area contributed by atoms with Gasteiger partial charge in [0.05, 0.1) is 42.1 Å². The van der Waals surface area contributed by atoms with E-state index in [0.29, 0.717) is 121 Å². The van der Waals surface area contributed by atoms with Crippen molar-refractivity contribution in [2.45, 2.75) is 190 Å². The summed E-state index contributed by atoms with van der Waals surface area (Å²) in [5.74, 6) is 2.02. The van der Waals surface area contributed by atoms with Crippen LogP contribution in [0.4, 0.5) is 0 Å². The quantitative estimate of drug-likeness (QED) is 0.0121. The minimum absolute atomic E-state index is 0. The molecule has 0 fully saturated rings. The van der Waals surface area contributed by atoms with Crippen molar-refractivity contribution in [3.05, 3.63) is 116 Å². The summed E-state index contributed by atoms with van der Waals surface area (Å²) in [6, 6.07) is 0.316. The molecule has 0 spiro atoms. The first kappa shape index (κ1) is 101. The normalized spacial score (nSPS) is 10.9. The number of unbranched alkanes of at least 4 members (excludes halogenated alkanes) is 4. The van der Waals surface area contributed by atoms with E-state index in [2.05, 4.69) is 44.6 Å². The molecule has 7 N–H and O–H groups in total. The maximum atomic E-state index is 12.7. The van der Waals surface area contributed by atoms with Crippen LogP contribution in [-0.4, -0.2) is 187 Å². The van der Waals surface area contributed by atoms with Crippen LogP contribution in [0.25, 0.3) is 44.7 Å². The van der Waals surface area contributed by atoms with Crippen LogP contribution < -0.4 is 62.0 Å². The van der Waals surface area contributed by atoms with Crippen molar-refractivity contribution in [2.75, 3.05) is 50.1 Å². The molecule has 0 radical (unpaired) electrons. The summed E-state index contributed by atoms with van der Waals surface area (Å²) in [4.78, 5) is 128. The van der Waals surface area contributed by atoms with Crippen molar-refractivity contribution in [3.8, 4) is 0 Å². The summed E-state index contributed by atoms with van der Waals surface area (Å²) >= 11 is 26.3. The van der Waals surface area contributed by atoms with Crippen molar-refractivity contribution in [2.24, 2.45) is 28.2 Å². The van der Waals surface area contributed by atoms with Gasteiger partial charge in [0.2, 0.25) is 5.24 Å². The van der Waals surface area contributed by atoms with Crippen LogP contribution in [0.15, 0.2) is 63.7 Å². The Labute approximate surface area is 643 Å². The van der Waals surface area contributed by atoms with Crippen LogP contribution in [0.1, 0.15) is 146 Å². The number of alkyl halides is 4. The van der Waals surface area contributed by atoms with Gasteiger partial charge in [-0.3, -0.25) is 61.8 Å². The number of hydrogen-bond donors (Lipinski definition) is 7. The number of carbonyl (C=O) groups excluding carboxylic acids is 1. The molecule has 8 heterocycles. The van der Waals surface area contributed by atoms with Gasteiger partial charge in [-0.2, -0.15) is 0 Å². The number of nitrogens with one attached hydrogen (secondary N) is 4. The number of imidazole rings is 4. The number of aromatic amines is 4. The topological polar surface area (TPSA) is 405 Å². The van der Waals surface area contributed by atoms with Gasteiger partial charge in [-0.05, 0) is 151 Å². The zero-order valence-electron chi connectivity index (χ0n) is 61.3. The molecule has 0 saturated carbocycles. The fourth-order valence-corrected chi connectivity index (χ4v) is 9.22. The van der Waals surface area contributed by atoms with E-state index in [1.807, 2.05) is 55.4 Å². The number of nitrogens with zero attached hydrogens (tertiary/aromatic N) is 12. The van der Waals surface area contributed by atoms with Crippen molar-refractivity contribution in [1.29, 1.82) is 0 Å². The molecule has 0 amide bonds. The zero-order chi connectivity index (χ0) is 75.2. The molecule has 0 aliphatic rings. The third kappa shape index (κ3) is 36.6. The number of halogens is 6. The van der Waals surface area contributed by atoms with Gasteiger partial charge in [0, 0.05) is 85.2 Å². The van der Waals surface area contributed by atoms with Crippen molar-refractivity contribution in [1.82, 2.24) is 76.4 Å². The van der Waals surface area contributed by atoms with E-state index in [0.717, 1.165) is 57.8 Å². The average Bonchev–Trinajstić information content (AvgIpc) is 1.54. The van der Waals surface area contributed by atoms with Crippen molar-refractivity contribution < 1.29 is 56.0 Å². The predicted octanol–water partition coefficient (Wildman–Crippen LogP) is 3.40. The van der Waals surface area contributed by atoms with Crippen LogP contribution in [0.2, 0.25) is 0 Å². The first-order chi connectivity index (χ1) is 46.6. The maximum absolute atomic E-state index is 12.7.